The minimum absolute atomic E-state index is 0.0902. The molecule has 1 amide bonds. The molecule has 0 saturated heterocycles. The van der Waals surface area contributed by atoms with Gasteiger partial charge in [-0.2, -0.15) is 0 Å². The Kier molecular flexibility index (Phi) is 5.46. The molecule has 0 aliphatic heterocycles. The Balaban J connectivity index is 0.000000221. The minimum atomic E-state index is -1.26. The molecular formula is C14H15NO5. The van der Waals surface area contributed by atoms with E-state index in [2.05, 4.69) is 0 Å². The summed E-state index contributed by atoms with van der Waals surface area (Å²) in [6.07, 6.45) is 2.05. The quantitative estimate of drug-likeness (QED) is 0.709. The lowest BCUT2D eigenvalue weighted by Crippen LogP contribution is -2.13. The number of amides is 1. The number of rotatable bonds is 4. The number of hydrogen-bond donors (Lipinski definition) is 3. The number of benzene rings is 1. The van der Waals surface area contributed by atoms with Crippen LogP contribution >= 0.6 is 0 Å². The maximum atomic E-state index is 10.8. The number of carboxylic acid groups (broad SMARTS) is 2. The molecule has 106 valence electrons. The van der Waals surface area contributed by atoms with Crippen LogP contribution in [-0.4, -0.2) is 28.1 Å². The van der Waals surface area contributed by atoms with Crippen LogP contribution in [0.3, 0.4) is 0 Å². The van der Waals surface area contributed by atoms with Crippen molar-refractivity contribution < 1.29 is 24.6 Å². The standard InChI is InChI=1S/C10H11NO.C4H4O4/c11-10(12)9-6-8(9)7-4-2-1-3-5-7;5-3(6)1-2-4(7)8/h1-5,8-9H,6H2,(H2,11,12);1-2H,(H,5,6)(H,7,8)/b;2-1-. The number of carbonyl (C=O) groups excluding carboxylic acids is 1. The Morgan fingerprint density at radius 2 is 1.55 bits per heavy atom. The number of carbonyl (C=O) groups is 3. The van der Waals surface area contributed by atoms with Crippen molar-refractivity contribution in [3.05, 3.63) is 48.0 Å². The molecule has 6 heteroatoms. The average Bonchev–Trinajstić information content (AvgIpc) is 3.18. The van der Waals surface area contributed by atoms with E-state index < -0.39 is 11.9 Å². The van der Waals surface area contributed by atoms with Crippen LogP contribution in [-0.2, 0) is 14.4 Å². The van der Waals surface area contributed by atoms with E-state index >= 15 is 0 Å². The van der Waals surface area contributed by atoms with E-state index in [0.717, 1.165) is 6.42 Å². The molecule has 1 aliphatic rings. The molecule has 2 rings (SSSR count). The van der Waals surface area contributed by atoms with Gasteiger partial charge in [0.1, 0.15) is 0 Å². The Morgan fingerprint density at radius 1 is 1.05 bits per heavy atom. The van der Waals surface area contributed by atoms with Crippen LogP contribution in [0.1, 0.15) is 17.9 Å². The zero-order valence-corrected chi connectivity index (χ0v) is 10.6. The van der Waals surface area contributed by atoms with E-state index in [1.54, 1.807) is 0 Å². The van der Waals surface area contributed by atoms with Gasteiger partial charge in [0.05, 0.1) is 0 Å². The summed E-state index contributed by atoms with van der Waals surface area (Å²) in [5.74, 6) is -2.19. The largest absolute Gasteiger partial charge is 0.478 e. The van der Waals surface area contributed by atoms with Crippen LogP contribution < -0.4 is 5.73 Å². The summed E-state index contributed by atoms with van der Waals surface area (Å²) in [7, 11) is 0. The van der Waals surface area contributed by atoms with E-state index in [1.807, 2.05) is 30.3 Å². The summed E-state index contributed by atoms with van der Waals surface area (Å²) < 4.78 is 0. The topological polar surface area (TPSA) is 118 Å². The highest BCUT2D eigenvalue weighted by atomic mass is 16.4. The predicted molar refractivity (Wildman–Crippen MR) is 70.9 cm³/mol. The monoisotopic (exact) mass is 277 g/mol. The highest BCUT2D eigenvalue weighted by Crippen LogP contribution is 2.46. The van der Waals surface area contributed by atoms with Gasteiger partial charge in [0, 0.05) is 18.1 Å². The lowest BCUT2D eigenvalue weighted by Gasteiger charge is -1.95. The molecule has 0 heterocycles. The van der Waals surface area contributed by atoms with Crippen molar-refractivity contribution in [1.82, 2.24) is 0 Å². The van der Waals surface area contributed by atoms with Crippen molar-refractivity contribution in [3.63, 3.8) is 0 Å². The van der Waals surface area contributed by atoms with Gasteiger partial charge in [-0.1, -0.05) is 30.3 Å². The molecule has 1 aromatic rings. The fourth-order valence-corrected chi connectivity index (χ4v) is 1.72. The second kappa shape index (κ2) is 7.08. The fraction of sp³-hybridized carbons (Fsp3) is 0.214. The molecule has 1 aromatic carbocycles. The van der Waals surface area contributed by atoms with E-state index in [1.165, 1.54) is 5.56 Å². The van der Waals surface area contributed by atoms with Crippen LogP contribution in [0.2, 0.25) is 0 Å². The van der Waals surface area contributed by atoms with Gasteiger partial charge < -0.3 is 15.9 Å². The second-order valence-corrected chi connectivity index (χ2v) is 4.27. The highest BCUT2D eigenvalue weighted by Gasteiger charge is 2.42. The molecule has 0 spiro atoms. The summed E-state index contributed by atoms with van der Waals surface area (Å²) in [5, 5.41) is 15.6. The molecule has 20 heavy (non-hydrogen) atoms. The lowest BCUT2D eigenvalue weighted by atomic mass is 10.1. The number of nitrogens with two attached hydrogens (primary N) is 1. The second-order valence-electron chi connectivity index (χ2n) is 4.27. The highest BCUT2D eigenvalue weighted by molar-refractivity contribution is 5.89. The molecule has 2 unspecified atom stereocenters. The maximum Gasteiger partial charge on any atom is 0.328 e. The smallest absolute Gasteiger partial charge is 0.328 e. The molecule has 1 fully saturated rings. The van der Waals surface area contributed by atoms with E-state index in [4.69, 9.17) is 15.9 Å². The number of aliphatic carboxylic acids is 2. The summed E-state index contributed by atoms with van der Waals surface area (Å²) >= 11 is 0. The van der Waals surface area contributed by atoms with Gasteiger partial charge in [-0.3, -0.25) is 4.79 Å². The van der Waals surface area contributed by atoms with Gasteiger partial charge in [0.25, 0.3) is 0 Å². The van der Waals surface area contributed by atoms with E-state index in [9.17, 15) is 14.4 Å². The normalized spacial score (nSPS) is 19.8. The Labute approximate surface area is 115 Å². The first-order valence-electron chi connectivity index (χ1n) is 5.90. The third kappa shape index (κ3) is 5.34. The molecule has 0 aromatic heterocycles. The summed E-state index contributed by atoms with van der Waals surface area (Å²) in [6, 6.07) is 10.1. The number of primary amides is 1. The van der Waals surface area contributed by atoms with Gasteiger partial charge in [-0.25, -0.2) is 9.59 Å². The van der Waals surface area contributed by atoms with Gasteiger partial charge in [-0.05, 0) is 17.9 Å². The third-order valence-corrected chi connectivity index (χ3v) is 2.75. The third-order valence-electron chi connectivity index (χ3n) is 2.75. The van der Waals surface area contributed by atoms with E-state index in [0.29, 0.717) is 18.1 Å². The lowest BCUT2D eigenvalue weighted by molar-refractivity contribution is -0.134. The van der Waals surface area contributed by atoms with Crippen molar-refractivity contribution in [2.24, 2.45) is 11.7 Å². The molecular weight excluding hydrogens is 262 g/mol. The van der Waals surface area contributed by atoms with Crippen LogP contribution in [0.4, 0.5) is 0 Å². The van der Waals surface area contributed by atoms with Crippen LogP contribution in [0.5, 0.6) is 0 Å². The first-order chi connectivity index (χ1) is 9.41. The van der Waals surface area contributed by atoms with Crippen molar-refractivity contribution in [2.75, 3.05) is 0 Å². The summed E-state index contributed by atoms with van der Waals surface area (Å²) in [4.78, 5) is 29.9. The van der Waals surface area contributed by atoms with Crippen LogP contribution in [0, 0.1) is 5.92 Å². The molecule has 2 atom stereocenters. The van der Waals surface area contributed by atoms with Crippen molar-refractivity contribution >= 4 is 17.8 Å². The first-order valence-corrected chi connectivity index (χ1v) is 5.90. The van der Waals surface area contributed by atoms with Crippen molar-refractivity contribution in [1.29, 1.82) is 0 Å². The van der Waals surface area contributed by atoms with Gasteiger partial charge in [0.2, 0.25) is 5.91 Å². The van der Waals surface area contributed by atoms with Crippen LogP contribution in [0.15, 0.2) is 42.5 Å². The molecule has 6 nitrogen and oxygen atoms in total. The minimum Gasteiger partial charge on any atom is -0.478 e. The van der Waals surface area contributed by atoms with E-state index in [-0.39, 0.29) is 11.8 Å². The number of hydrogen-bond acceptors (Lipinski definition) is 3. The maximum absolute atomic E-state index is 10.8. The molecule has 0 bridgehead atoms. The zero-order valence-electron chi connectivity index (χ0n) is 10.6. The summed E-state index contributed by atoms with van der Waals surface area (Å²) in [6.45, 7) is 0. The molecule has 1 saturated carbocycles. The Bertz CT molecular complexity index is 508. The molecule has 1 aliphatic carbocycles. The first kappa shape index (κ1) is 15.4. The van der Waals surface area contributed by atoms with Crippen molar-refractivity contribution in [2.45, 2.75) is 12.3 Å². The number of carboxylic acids is 2. The average molecular weight is 277 g/mol. The predicted octanol–water partition coefficient (Wildman–Crippen LogP) is 0.987. The Hall–Kier alpha value is -2.63. The zero-order chi connectivity index (χ0) is 15.1. The van der Waals surface area contributed by atoms with Gasteiger partial charge in [-0.15, -0.1) is 0 Å². The Morgan fingerprint density at radius 3 is 1.90 bits per heavy atom. The van der Waals surface area contributed by atoms with Gasteiger partial charge >= 0.3 is 11.9 Å². The molecule has 0 radical (unpaired) electrons. The summed E-state index contributed by atoms with van der Waals surface area (Å²) in [5.41, 5.74) is 6.42. The van der Waals surface area contributed by atoms with Crippen LogP contribution in [0.25, 0.3) is 0 Å². The fourth-order valence-electron chi connectivity index (χ4n) is 1.72. The van der Waals surface area contributed by atoms with Crippen molar-refractivity contribution in [3.8, 4) is 0 Å². The SMILES string of the molecule is NC(=O)C1CC1c1ccccc1.O=C(O)/C=C\C(=O)O. The molecule has 4 N–H and O–H groups in total. The van der Waals surface area contributed by atoms with Gasteiger partial charge in [0.15, 0.2) is 0 Å².